The predicted octanol–water partition coefficient (Wildman–Crippen LogP) is 2.09. The Morgan fingerprint density at radius 3 is 2.58 bits per heavy atom. The summed E-state index contributed by atoms with van der Waals surface area (Å²) < 4.78 is 0. The third-order valence-electron chi connectivity index (χ3n) is 1.27. The van der Waals surface area contributed by atoms with Crippen molar-refractivity contribution in [1.82, 2.24) is 5.43 Å². The first kappa shape index (κ1) is 8.93. The van der Waals surface area contributed by atoms with E-state index in [4.69, 9.17) is 0 Å². The molecule has 1 aromatic rings. The summed E-state index contributed by atoms with van der Waals surface area (Å²) in [6, 6.07) is 9.46. The van der Waals surface area contributed by atoms with Crippen molar-refractivity contribution in [3.05, 3.63) is 30.3 Å². The molecule has 1 amide bonds. The molecule has 3 nitrogen and oxygen atoms in total. The quantitative estimate of drug-likeness (QED) is 0.688. The van der Waals surface area contributed by atoms with Crippen molar-refractivity contribution in [2.24, 2.45) is 0 Å². The van der Waals surface area contributed by atoms with E-state index in [9.17, 15) is 4.79 Å². The second-order valence-corrected chi connectivity index (χ2v) is 2.89. The molecule has 0 radical (unpaired) electrons. The predicted molar refractivity (Wildman–Crippen MR) is 52.1 cm³/mol. The van der Waals surface area contributed by atoms with Gasteiger partial charge in [0.1, 0.15) is 0 Å². The normalized spacial score (nSPS) is 9.08. The van der Waals surface area contributed by atoms with Crippen LogP contribution in [0.3, 0.4) is 0 Å². The van der Waals surface area contributed by atoms with Crippen molar-refractivity contribution < 1.29 is 4.79 Å². The zero-order chi connectivity index (χ0) is 8.81. The monoisotopic (exact) mass is 182 g/mol. The van der Waals surface area contributed by atoms with Crippen LogP contribution >= 0.6 is 11.8 Å². The number of amides is 1. The van der Waals surface area contributed by atoms with E-state index in [0.29, 0.717) is 0 Å². The summed E-state index contributed by atoms with van der Waals surface area (Å²) in [5, 5.41) is -0.0983. The van der Waals surface area contributed by atoms with E-state index < -0.39 is 0 Å². The highest BCUT2D eigenvalue weighted by molar-refractivity contribution is 8.12. The maximum Gasteiger partial charge on any atom is 0.297 e. The van der Waals surface area contributed by atoms with Gasteiger partial charge in [0.15, 0.2) is 0 Å². The van der Waals surface area contributed by atoms with Gasteiger partial charge in [0.25, 0.3) is 5.24 Å². The largest absolute Gasteiger partial charge is 0.298 e. The second kappa shape index (κ2) is 4.66. The Bertz CT molecular complexity index is 250. The maximum atomic E-state index is 10.8. The molecule has 2 N–H and O–H groups in total. The maximum absolute atomic E-state index is 10.8. The molecule has 0 spiro atoms. The Balaban J connectivity index is 2.38. The fraction of sp³-hybridized carbons (Fsp3) is 0.125. The summed E-state index contributed by atoms with van der Waals surface area (Å²) >= 11 is 1.13. The molecular weight excluding hydrogens is 172 g/mol. The summed E-state index contributed by atoms with van der Waals surface area (Å²) in [6.45, 7) is 0. The lowest BCUT2D eigenvalue weighted by atomic mass is 10.3. The molecule has 0 aliphatic carbocycles. The van der Waals surface area contributed by atoms with Crippen LogP contribution in [0.4, 0.5) is 10.5 Å². The zero-order valence-corrected chi connectivity index (χ0v) is 7.52. The lowest BCUT2D eigenvalue weighted by molar-refractivity contribution is 0.262. The van der Waals surface area contributed by atoms with E-state index in [0.717, 1.165) is 17.4 Å². The molecule has 0 unspecified atom stereocenters. The number of anilines is 1. The molecule has 0 fully saturated rings. The number of nitrogens with one attached hydrogen (secondary N) is 2. The van der Waals surface area contributed by atoms with Crippen LogP contribution < -0.4 is 10.9 Å². The van der Waals surface area contributed by atoms with Crippen molar-refractivity contribution in [1.29, 1.82) is 0 Å². The molecule has 4 heteroatoms. The van der Waals surface area contributed by atoms with Gasteiger partial charge in [0.2, 0.25) is 0 Å². The molecule has 0 aromatic heterocycles. The van der Waals surface area contributed by atoms with Crippen molar-refractivity contribution in [3.8, 4) is 0 Å². The molecule has 0 atom stereocenters. The van der Waals surface area contributed by atoms with Gasteiger partial charge in [-0.2, -0.15) is 0 Å². The van der Waals surface area contributed by atoms with Gasteiger partial charge < -0.3 is 0 Å². The third kappa shape index (κ3) is 2.84. The number of thioether (sulfide) groups is 1. The number of rotatable bonds is 2. The molecule has 12 heavy (non-hydrogen) atoms. The van der Waals surface area contributed by atoms with E-state index in [1.54, 1.807) is 6.26 Å². The molecule has 1 aromatic carbocycles. The van der Waals surface area contributed by atoms with Crippen molar-refractivity contribution >= 4 is 22.7 Å². The summed E-state index contributed by atoms with van der Waals surface area (Å²) in [5.41, 5.74) is 6.17. The number of hydrazine groups is 1. The van der Waals surface area contributed by atoms with Crippen LogP contribution in [0.25, 0.3) is 0 Å². The topological polar surface area (TPSA) is 41.1 Å². The van der Waals surface area contributed by atoms with E-state index in [2.05, 4.69) is 10.9 Å². The molecule has 0 aliphatic rings. The first-order valence-corrected chi connectivity index (χ1v) is 4.70. The first-order valence-electron chi connectivity index (χ1n) is 3.48. The molecule has 0 saturated heterocycles. The molecule has 64 valence electrons. The standard InChI is InChI=1S/C8H10N2OS/c1-12-8(11)10-9-7-5-3-2-4-6-7/h2-6,9H,1H3,(H,10,11). The van der Waals surface area contributed by atoms with Gasteiger partial charge in [-0.15, -0.1) is 0 Å². The molecule has 0 bridgehead atoms. The highest BCUT2D eigenvalue weighted by Gasteiger charge is 1.94. The minimum Gasteiger partial charge on any atom is -0.298 e. The van der Waals surface area contributed by atoms with Crippen LogP contribution in [0.2, 0.25) is 0 Å². The van der Waals surface area contributed by atoms with Crippen molar-refractivity contribution in [2.75, 3.05) is 11.7 Å². The van der Waals surface area contributed by atoms with Crippen LogP contribution in [-0.4, -0.2) is 11.5 Å². The molecule has 0 aliphatic heterocycles. The second-order valence-electron chi connectivity index (χ2n) is 2.11. The Morgan fingerprint density at radius 2 is 2.00 bits per heavy atom. The summed E-state index contributed by atoms with van der Waals surface area (Å²) in [7, 11) is 0. The Kier molecular flexibility index (Phi) is 3.47. The van der Waals surface area contributed by atoms with Crippen LogP contribution in [0.5, 0.6) is 0 Å². The fourth-order valence-corrected chi connectivity index (χ4v) is 0.849. The average Bonchev–Trinajstić information content (AvgIpc) is 2.16. The van der Waals surface area contributed by atoms with E-state index >= 15 is 0 Å². The van der Waals surface area contributed by atoms with Gasteiger partial charge in [-0.25, -0.2) is 0 Å². The Hall–Kier alpha value is -1.16. The summed E-state index contributed by atoms with van der Waals surface area (Å²) in [5.74, 6) is 0. The highest BCUT2D eigenvalue weighted by atomic mass is 32.2. The Morgan fingerprint density at radius 1 is 1.33 bits per heavy atom. The number of hydrogen-bond donors (Lipinski definition) is 2. The number of carbonyl (C=O) groups excluding carboxylic acids is 1. The smallest absolute Gasteiger partial charge is 0.297 e. The average molecular weight is 182 g/mol. The van der Waals surface area contributed by atoms with Crippen LogP contribution in [0.15, 0.2) is 30.3 Å². The van der Waals surface area contributed by atoms with Gasteiger partial charge in [-0.3, -0.25) is 15.6 Å². The van der Waals surface area contributed by atoms with Crippen molar-refractivity contribution in [3.63, 3.8) is 0 Å². The lowest BCUT2D eigenvalue weighted by Gasteiger charge is -2.05. The van der Waals surface area contributed by atoms with Crippen LogP contribution in [-0.2, 0) is 0 Å². The fourth-order valence-electron chi connectivity index (χ4n) is 0.696. The molecule has 0 heterocycles. The minimum absolute atomic E-state index is 0.0983. The number of hydrogen-bond acceptors (Lipinski definition) is 3. The van der Waals surface area contributed by atoms with Gasteiger partial charge in [0, 0.05) is 0 Å². The minimum atomic E-state index is -0.0983. The van der Waals surface area contributed by atoms with Crippen LogP contribution in [0, 0.1) is 0 Å². The van der Waals surface area contributed by atoms with E-state index in [-0.39, 0.29) is 5.24 Å². The summed E-state index contributed by atoms with van der Waals surface area (Å²) in [4.78, 5) is 10.8. The molecular formula is C8H10N2OS. The molecule has 0 saturated carbocycles. The Labute approximate surface area is 75.5 Å². The number of benzene rings is 1. The van der Waals surface area contributed by atoms with Gasteiger partial charge in [-0.1, -0.05) is 30.0 Å². The van der Waals surface area contributed by atoms with E-state index in [1.165, 1.54) is 0 Å². The van der Waals surface area contributed by atoms with E-state index in [1.807, 2.05) is 30.3 Å². The SMILES string of the molecule is CSC(=O)NNc1ccccc1. The van der Waals surface area contributed by atoms with Crippen LogP contribution in [0.1, 0.15) is 0 Å². The molecule has 1 rings (SSSR count). The number of carbonyl (C=O) groups is 1. The number of para-hydroxylation sites is 1. The lowest BCUT2D eigenvalue weighted by Crippen LogP contribution is -2.25. The summed E-state index contributed by atoms with van der Waals surface area (Å²) in [6.07, 6.45) is 1.72. The van der Waals surface area contributed by atoms with Gasteiger partial charge in [0.05, 0.1) is 5.69 Å². The van der Waals surface area contributed by atoms with Gasteiger partial charge in [-0.05, 0) is 18.4 Å². The van der Waals surface area contributed by atoms with Gasteiger partial charge >= 0.3 is 0 Å². The van der Waals surface area contributed by atoms with Crippen molar-refractivity contribution in [2.45, 2.75) is 0 Å². The zero-order valence-electron chi connectivity index (χ0n) is 6.70. The highest BCUT2D eigenvalue weighted by Crippen LogP contribution is 2.03. The third-order valence-corrected chi connectivity index (χ3v) is 1.74. The first-order chi connectivity index (χ1) is 5.83.